The molecular weight excluding hydrogens is 178 g/mol. The average Bonchev–Trinajstić information content (AvgIpc) is 2.05. The minimum Gasteiger partial charge on any atom is -0.491 e. The quantitative estimate of drug-likeness (QED) is 0.719. The van der Waals surface area contributed by atoms with Crippen molar-refractivity contribution in [2.24, 2.45) is 0 Å². The predicted molar refractivity (Wildman–Crippen MR) is 44.4 cm³/mol. The minimum absolute atomic E-state index is 0.0688. The van der Waals surface area contributed by atoms with Crippen LogP contribution in [0.5, 0.6) is 5.75 Å². The number of hydrogen-bond acceptors (Lipinski definition) is 3. The number of pyridine rings is 1. The average molecular weight is 187 g/mol. The Morgan fingerprint density at radius 3 is 3.08 bits per heavy atom. The summed E-state index contributed by atoms with van der Waals surface area (Å²) in [5.74, 6) is 0.362. The highest BCUT2D eigenvalue weighted by atomic mass is 32.2. The topological polar surface area (TPSA) is 59.4 Å². The molecule has 0 spiro atoms. The van der Waals surface area contributed by atoms with Crippen molar-refractivity contribution in [1.29, 1.82) is 0 Å². The summed E-state index contributed by atoms with van der Waals surface area (Å²) >= 11 is -2.08. The maximum Gasteiger partial charge on any atom is 0.209 e. The van der Waals surface area contributed by atoms with E-state index < -0.39 is 11.1 Å². The Balaban J connectivity index is 3.00. The molecule has 0 saturated heterocycles. The Morgan fingerprint density at radius 1 is 1.75 bits per heavy atom. The number of ether oxygens (including phenoxy) is 1. The Hall–Kier alpha value is -0.940. The summed E-state index contributed by atoms with van der Waals surface area (Å²) in [5, 5.41) is 0.0688. The lowest BCUT2D eigenvalue weighted by Crippen LogP contribution is -2.00. The molecule has 12 heavy (non-hydrogen) atoms. The zero-order valence-corrected chi connectivity index (χ0v) is 7.37. The standard InChI is InChI=1S/C7H9NO3S/c1-2-11-6-4-3-5-8-7(6)12(9)10/h3-5H,2H2,1H3,(H,9,10). The second kappa shape index (κ2) is 4.18. The van der Waals surface area contributed by atoms with Gasteiger partial charge in [-0.2, -0.15) is 0 Å². The largest absolute Gasteiger partial charge is 0.491 e. The highest BCUT2D eigenvalue weighted by molar-refractivity contribution is 7.79. The molecule has 0 aromatic carbocycles. The van der Waals surface area contributed by atoms with Gasteiger partial charge in [-0.25, -0.2) is 9.19 Å². The molecule has 0 aliphatic rings. The zero-order chi connectivity index (χ0) is 8.97. The Morgan fingerprint density at radius 2 is 2.50 bits per heavy atom. The van der Waals surface area contributed by atoms with E-state index in [1.807, 2.05) is 0 Å². The zero-order valence-electron chi connectivity index (χ0n) is 6.56. The molecular formula is C7H9NO3S. The number of aromatic nitrogens is 1. The van der Waals surface area contributed by atoms with Crippen molar-refractivity contribution in [2.75, 3.05) is 6.61 Å². The van der Waals surface area contributed by atoms with Crippen LogP contribution in [0.4, 0.5) is 0 Å². The van der Waals surface area contributed by atoms with Crippen LogP contribution in [-0.4, -0.2) is 20.4 Å². The van der Waals surface area contributed by atoms with Gasteiger partial charge in [-0.15, -0.1) is 0 Å². The van der Waals surface area contributed by atoms with E-state index in [4.69, 9.17) is 9.29 Å². The first-order valence-electron chi connectivity index (χ1n) is 3.44. The molecule has 1 aromatic rings. The summed E-state index contributed by atoms with van der Waals surface area (Å²) < 4.78 is 24.5. The molecule has 1 N–H and O–H groups in total. The fourth-order valence-corrected chi connectivity index (χ4v) is 1.22. The van der Waals surface area contributed by atoms with Crippen LogP contribution in [0, 0.1) is 0 Å². The van der Waals surface area contributed by atoms with Crippen molar-refractivity contribution in [2.45, 2.75) is 11.9 Å². The molecule has 0 amide bonds. The van der Waals surface area contributed by atoms with E-state index in [2.05, 4.69) is 4.98 Å². The monoisotopic (exact) mass is 187 g/mol. The summed E-state index contributed by atoms with van der Waals surface area (Å²) in [4.78, 5) is 3.72. The van der Waals surface area contributed by atoms with Crippen molar-refractivity contribution in [3.05, 3.63) is 18.3 Å². The maximum absolute atomic E-state index is 10.7. The summed E-state index contributed by atoms with van der Waals surface area (Å²) in [7, 11) is 0. The molecule has 1 unspecified atom stereocenters. The van der Waals surface area contributed by atoms with Crippen molar-refractivity contribution < 1.29 is 13.5 Å². The highest BCUT2D eigenvalue weighted by Crippen LogP contribution is 2.17. The van der Waals surface area contributed by atoms with Crippen molar-refractivity contribution in [3.63, 3.8) is 0 Å². The molecule has 5 heteroatoms. The summed E-state index contributed by atoms with van der Waals surface area (Å²) in [5.41, 5.74) is 0. The Bertz CT molecular complexity index is 290. The SMILES string of the molecule is CCOc1cccnc1S(=O)O. The van der Waals surface area contributed by atoms with E-state index in [0.717, 1.165) is 0 Å². The van der Waals surface area contributed by atoms with Crippen molar-refractivity contribution >= 4 is 11.1 Å². The maximum atomic E-state index is 10.7. The van der Waals surface area contributed by atoms with E-state index in [0.29, 0.717) is 12.4 Å². The molecule has 0 bridgehead atoms. The molecule has 1 heterocycles. The molecule has 0 aliphatic carbocycles. The Labute approximate surface area is 72.9 Å². The molecule has 0 saturated carbocycles. The molecule has 0 aliphatic heterocycles. The van der Waals surface area contributed by atoms with Gasteiger partial charge in [-0.3, -0.25) is 0 Å². The molecule has 1 rings (SSSR count). The second-order valence-corrected chi connectivity index (χ2v) is 2.87. The van der Waals surface area contributed by atoms with Gasteiger partial charge in [0, 0.05) is 6.20 Å². The van der Waals surface area contributed by atoms with E-state index in [1.54, 1.807) is 19.1 Å². The van der Waals surface area contributed by atoms with Crippen LogP contribution in [0.15, 0.2) is 23.4 Å². The van der Waals surface area contributed by atoms with Crippen LogP contribution in [-0.2, 0) is 11.1 Å². The third-order valence-corrected chi connectivity index (χ3v) is 1.84. The van der Waals surface area contributed by atoms with Gasteiger partial charge < -0.3 is 9.29 Å². The van der Waals surface area contributed by atoms with Crippen LogP contribution in [0.25, 0.3) is 0 Å². The van der Waals surface area contributed by atoms with Gasteiger partial charge >= 0.3 is 0 Å². The van der Waals surface area contributed by atoms with Crippen molar-refractivity contribution in [3.8, 4) is 5.75 Å². The van der Waals surface area contributed by atoms with E-state index in [1.165, 1.54) is 6.20 Å². The fraction of sp³-hybridized carbons (Fsp3) is 0.286. The van der Waals surface area contributed by atoms with Gasteiger partial charge in [0.1, 0.15) is 0 Å². The smallest absolute Gasteiger partial charge is 0.209 e. The third-order valence-electron chi connectivity index (χ3n) is 1.20. The third kappa shape index (κ3) is 2.02. The van der Waals surface area contributed by atoms with Gasteiger partial charge in [-0.05, 0) is 19.1 Å². The lowest BCUT2D eigenvalue weighted by Gasteiger charge is -2.04. The first kappa shape index (κ1) is 9.15. The number of nitrogens with zero attached hydrogens (tertiary/aromatic N) is 1. The van der Waals surface area contributed by atoms with Crippen LogP contribution in [0.3, 0.4) is 0 Å². The number of rotatable bonds is 3. The normalized spacial score (nSPS) is 12.5. The lowest BCUT2D eigenvalue weighted by atomic mass is 10.5. The van der Waals surface area contributed by atoms with Crippen LogP contribution in [0.1, 0.15) is 6.92 Å². The first-order chi connectivity index (χ1) is 5.75. The van der Waals surface area contributed by atoms with E-state index in [-0.39, 0.29) is 5.03 Å². The molecule has 1 atom stereocenters. The highest BCUT2D eigenvalue weighted by Gasteiger charge is 2.08. The van der Waals surface area contributed by atoms with Gasteiger partial charge in [0.25, 0.3) is 0 Å². The van der Waals surface area contributed by atoms with E-state index in [9.17, 15) is 4.21 Å². The van der Waals surface area contributed by atoms with Gasteiger partial charge in [0.2, 0.25) is 11.1 Å². The van der Waals surface area contributed by atoms with Gasteiger partial charge in [0.05, 0.1) is 6.61 Å². The summed E-state index contributed by atoms with van der Waals surface area (Å²) in [6.07, 6.45) is 1.45. The molecule has 1 aromatic heterocycles. The fourth-order valence-electron chi connectivity index (χ4n) is 0.773. The predicted octanol–water partition coefficient (Wildman–Crippen LogP) is 1.06. The first-order valence-corrected chi connectivity index (χ1v) is 4.55. The van der Waals surface area contributed by atoms with Gasteiger partial charge in [0.15, 0.2) is 10.8 Å². The Kier molecular flexibility index (Phi) is 3.19. The van der Waals surface area contributed by atoms with Crippen molar-refractivity contribution in [1.82, 2.24) is 4.98 Å². The van der Waals surface area contributed by atoms with E-state index >= 15 is 0 Å². The van der Waals surface area contributed by atoms with Crippen LogP contribution < -0.4 is 4.74 Å². The summed E-state index contributed by atoms with van der Waals surface area (Å²) in [6, 6.07) is 3.27. The van der Waals surface area contributed by atoms with Gasteiger partial charge in [-0.1, -0.05) is 0 Å². The summed E-state index contributed by atoms with van der Waals surface area (Å²) in [6.45, 7) is 2.26. The molecule has 4 nitrogen and oxygen atoms in total. The molecule has 66 valence electrons. The van der Waals surface area contributed by atoms with Crippen LogP contribution >= 0.6 is 0 Å². The lowest BCUT2D eigenvalue weighted by molar-refractivity contribution is 0.327. The van der Waals surface area contributed by atoms with Crippen LogP contribution in [0.2, 0.25) is 0 Å². The molecule has 0 fully saturated rings. The molecule has 0 radical (unpaired) electrons. The second-order valence-electron chi connectivity index (χ2n) is 1.99. The number of hydrogen-bond donors (Lipinski definition) is 1. The minimum atomic E-state index is -2.08.